The zero-order valence-electron chi connectivity index (χ0n) is 14.5. The number of para-hydroxylation sites is 3. The third-order valence-corrected chi connectivity index (χ3v) is 5.10. The maximum absolute atomic E-state index is 13.0. The lowest BCUT2D eigenvalue weighted by Crippen LogP contribution is -2.42. The molecule has 1 unspecified atom stereocenters. The number of carbonyl (C=O) groups is 1. The van der Waals surface area contributed by atoms with Crippen molar-refractivity contribution < 1.29 is 9.90 Å². The van der Waals surface area contributed by atoms with Gasteiger partial charge >= 0.3 is 0 Å². The van der Waals surface area contributed by atoms with Gasteiger partial charge in [-0.3, -0.25) is 9.79 Å². The summed E-state index contributed by atoms with van der Waals surface area (Å²) in [5.41, 5.74) is 3.31. The molecule has 1 heterocycles. The molecule has 2 aliphatic rings. The lowest BCUT2D eigenvalue weighted by Gasteiger charge is -2.37. The summed E-state index contributed by atoms with van der Waals surface area (Å²) in [5, 5.41) is 13.9. The third kappa shape index (κ3) is 2.82. The monoisotopic (exact) mass is 334 g/mol. The molecule has 0 bridgehead atoms. The summed E-state index contributed by atoms with van der Waals surface area (Å²) >= 11 is 0. The Bertz CT molecular complexity index is 870. The quantitative estimate of drug-likeness (QED) is 0.799. The molecule has 4 heteroatoms. The number of hydrogen-bond acceptors (Lipinski definition) is 4. The largest absolute Gasteiger partial charge is 0.508 e. The number of phenols is 1. The summed E-state index contributed by atoms with van der Waals surface area (Å²) < 4.78 is 0. The zero-order valence-corrected chi connectivity index (χ0v) is 14.5. The highest BCUT2D eigenvalue weighted by Gasteiger charge is 2.44. The van der Waals surface area contributed by atoms with Gasteiger partial charge < -0.3 is 10.4 Å². The maximum Gasteiger partial charge on any atom is 0.144 e. The van der Waals surface area contributed by atoms with E-state index in [9.17, 15) is 9.90 Å². The normalized spacial score (nSPS) is 24.4. The number of aromatic hydroxyl groups is 1. The van der Waals surface area contributed by atoms with Crippen LogP contribution in [0.15, 0.2) is 53.5 Å². The Kier molecular flexibility index (Phi) is 3.64. The molecule has 2 aromatic rings. The average molecular weight is 334 g/mol. The van der Waals surface area contributed by atoms with E-state index < -0.39 is 0 Å². The predicted octanol–water partition coefficient (Wildman–Crippen LogP) is 4.64. The number of hydrogen-bond donors (Lipinski definition) is 2. The van der Waals surface area contributed by atoms with Crippen LogP contribution in [0.2, 0.25) is 0 Å². The summed E-state index contributed by atoms with van der Waals surface area (Å²) in [5.74, 6) is 0.0358. The highest BCUT2D eigenvalue weighted by Crippen LogP contribution is 2.46. The van der Waals surface area contributed by atoms with Crippen LogP contribution in [0, 0.1) is 11.3 Å². The van der Waals surface area contributed by atoms with Crippen LogP contribution in [0.25, 0.3) is 0 Å². The second kappa shape index (κ2) is 5.73. The molecule has 0 spiro atoms. The van der Waals surface area contributed by atoms with E-state index in [1.165, 1.54) is 0 Å². The molecule has 128 valence electrons. The van der Waals surface area contributed by atoms with Crippen LogP contribution in [0.4, 0.5) is 11.4 Å². The Morgan fingerprint density at radius 2 is 1.80 bits per heavy atom. The van der Waals surface area contributed by atoms with Crippen molar-refractivity contribution in [1.29, 1.82) is 0 Å². The van der Waals surface area contributed by atoms with Gasteiger partial charge in [-0.25, -0.2) is 0 Å². The standard InChI is InChI=1S/C21H22N2O2/c1-21(2)11-16-19(18(25)12-21)20(13-7-3-6-10-17(13)24)23-15-9-5-4-8-14(15)22-16/h3-10,19-20,23-24H,11-12H2,1-2H3/t19?,20-/m1/s1. The van der Waals surface area contributed by atoms with Crippen molar-refractivity contribution in [1.82, 2.24) is 0 Å². The van der Waals surface area contributed by atoms with Crippen molar-refractivity contribution in [3.05, 3.63) is 54.1 Å². The second-order valence-corrected chi connectivity index (χ2v) is 7.76. The number of nitrogens with one attached hydrogen (secondary N) is 1. The number of carbonyl (C=O) groups excluding carboxylic acids is 1. The number of fused-ring (bicyclic) bond motifs is 2. The first kappa shape index (κ1) is 15.9. The Morgan fingerprint density at radius 3 is 2.60 bits per heavy atom. The molecular formula is C21H22N2O2. The van der Waals surface area contributed by atoms with E-state index in [0.29, 0.717) is 6.42 Å². The summed E-state index contributed by atoms with van der Waals surface area (Å²) in [7, 11) is 0. The number of aliphatic imine (C=N–C) groups is 1. The van der Waals surface area contributed by atoms with Gasteiger partial charge in [0.1, 0.15) is 11.5 Å². The topological polar surface area (TPSA) is 61.7 Å². The van der Waals surface area contributed by atoms with Gasteiger partial charge in [-0.15, -0.1) is 0 Å². The second-order valence-electron chi connectivity index (χ2n) is 7.76. The lowest BCUT2D eigenvalue weighted by molar-refractivity contribution is -0.124. The van der Waals surface area contributed by atoms with Crippen LogP contribution in [0.1, 0.15) is 38.3 Å². The Morgan fingerprint density at radius 1 is 1.08 bits per heavy atom. The molecule has 2 N–H and O–H groups in total. The molecule has 0 radical (unpaired) electrons. The zero-order chi connectivity index (χ0) is 17.6. The van der Waals surface area contributed by atoms with E-state index in [0.717, 1.165) is 29.1 Å². The van der Waals surface area contributed by atoms with E-state index >= 15 is 0 Å². The minimum absolute atomic E-state index is 0.0883. The molecule has 1 saturated carbocycles. The molecule has 25 heavy (non-hydrogen) atoms. The molecule has 2 aromatic carbocycles. The van der Waals surface area contributed by atoms with E-state index in [4.69, 9.17) is 4.99 Å². The smallest absolute Gasteiger partial charge is 0.144 e. The van der Waals surface area contributed by atoms with Crippen molar-refractivity contribution >= 4 is 22.9 Å². The lowest BCUT2D eigenvalue weighted by atomic mass is 9.68. The molecule has 0 saturated heterocycles. The molecule has 2 atom stereocenters. The number of rotatable bonds is 1. The van der Waals surface area contributed by atoms with E-state index in [2.05, 4.69) is 19.2 Å². The van der Waals surface area contributed by atoms with Gasteiger partial charge in [0.2, 0.25) is 0 Å². The van der Waals surface area contributed by atoms with Crippen molar-refractivity contribution in [3.63, 3.8) is 0 Å². The average Bonchev–Trinajstić information content (AvgIpc) is 2.70. The van der Waals surface area contributed by atoms with Crippen LogP contribution >= 0.6 is 0 Å². The first-order valence-electron chi connectivity index (χ1n) is 8.68. The fourth-order valence-corrected chi connectivity index (χ4v) is 4.02. The Labute approximate surface area is 147 Å². The number of nitrogens with zero attached hydrogens (tertiary/aromatic N) is 1. The van der Waals surface area contributed by atoms with Gasteiger partial charge in [-0.2, -0.15) is 0 Å². The number of Topliss-reactive ketones (excluding diaryl/α,β-unsaturated/α-hetero) is 1. The summed E-state index contributed by atoms with van der Waals surface area (Å²) in [6, 6.07) is 14.8. The molecule has 4 rings (SSSR count). The highest BCUT2D eigenvalue weighted by atomic mass is 16.3. The molecule has 1 fully saturated rings. The molecule has 4 nitrogen and oxygen atoms in total. The highest BCUT2D eigenvalue weighted by molar-refractivity contribution is 6.10. The first-order valence-corrected chi connectivity index (χ1v) is 8.68. The summed E-state index contributed by atoms with van der Waals surface area (Å²) in [6.07, 6.45) is 1.31. The van der Waals surface area contributed by atoms with Crippen molar-refractivity contribution in [2.45, 2.75) is 32.7 Å². The fourth-order valence-electron chi connectivity index (χ4n) is 4.02. The first-order chi connectivity index (χ1) is 11.9. The fraction of sp³-hybridized carbons (Fsp3) is 0.333. The minimum atomic E-state index is -0.353. The van der Waals surface area contributed by atoms with Crippen molar-refractivity contribution in [2.75, 3.05) is 5.32 Å². The number of anilines is 1. The molecule has 1 aliphatic carbocycles. The Hall–Kier alpha value is -2.62. The van der Waals surface area contributed by atoms with Crippen molar-refractivity contribution in [2.24, 2.45) is 16.3 Å². The van der Waals surface area contributed by atoms with E-state index in [1.54, 1.807) is 12.1 Å². The molecule has 1 aliphatic heterocycles. The van der Waals surface area contributed by atoms with Crippen LogP contribution in [-0.4, -0.2) is 16.6 Å². The summed E-state index contributed by atoms with van der Waals surface area (Å²) in [6.45, 7) is 4.23. The molecular weight excluding hydrogens is 312 g/mol. The van der Waals surface area contributed by atoms with Gasteiger partial charge in [0, 0.05) is 17.7 Å². The number of benzene rings is 2. The SMILES string of the molecule is CC1(C)CC(=O)C2C(=Nc3ccccc3N[C@@H]2c2ccccc2O)C1. The predicted molar refractivity (Wildman–Crippen MR) is 99.5 cm³/mol. The molecule has 0 aromatic heterocycles. The number of ketones is 1. The van der Waals surface area contributed by atoms with Crippen LogP contribution < -0.4 is 5.32 Å². The van der Waals surface area contributed by atoms with Gasteiger partial charge in [0.15, 0.2) is 0 Å². The van der Waals surface area contributed by atoms with Gasteiger partial charge in [-0.05, 0) is 30.0 Å². The van der Waals surface area contributed by atoms with Crippen LogP contribution in [0.3, 0.4) is 0 Å². The maximum atomic E-state index is 13.0. The van der Waals surface area contributed by atoms with Gasteiger partial charge in [-0.1, -0.05) is 44.2 Å². The van der Waals surface area contributed by atoms with Gasteiger partial charge in [0.25, 0.3) is 0 Å². The van der Waals surface area contributed by atoms with Gasteiger partial charge in [0.05, 0.1) is 23.3 Å². The third-order valence-electron chi connectivity index (χ3n) is 5.10. The summed E-state index contributed by atoms with van der Waals surface area (Å²) in [4.78, 5) is 17.9. The van der Waals surface area contributed by atoms with E-state index in [1.807, 2.05) is 36.4 Å². The van der Waals surface area contributed by atoms with Crippen molar-refractivity contribution in [3.8, 4) is 5.75 Å². The minimum Gasteiger partial charge on any atom is -0.508 e. The number of phenolic OH excluding ortho intramolecular Hbond substituents is 1. The van der Waals surface area contributed by atoms with Crippen LogP contribution in [0.5, 0.6) is 5.75 Å². The van der Waals surface area contributed by atoms with Crippen LogP contribution in [-0.2, 0) is 4.79 Å². The molecule has 0 amide bonds. The Balaban J connectivity index is 1.89. The van der Waals surface area contributed by atoms with E-state index in [-0.39, 0.29) is 28.9 Å².